The molecular formula is C23H37N3O3S. The van der Waals surface area contributed by atoms with Gasteiger partial charge in [0.15, 0.2) is 0 Å². The zero-order chi connectivity index (χ0) is 21.3. The summed E-state index contributed by atoms with van der Waals surface area (Å²) in [6, 6.07) is 0. The van der Waals surface area contributed by atoms with Crippen LogP contribution in [0.3, 0.4) is 0 Å². The van der Waals surface area contributed by atoms with Crippen molar-refractivity contribution >= 4 is 17.2 Å². The lowest BCUT2D eigenvalue weighted by molar-refractivity contribution is -0.0391. The van der Waals surface area contributed by atoms with Gasteiger partial charge in [0.1, 0.15) is 17.6 Å². The Morgan fingerprint density at radius 1 is 1.23 bits per heavy atom. The molecule has 1 aromatic rings. The van der Waals surface area contributed by atoms with Crippen molar-refractivity contribution in [2.45, 2.75) is 70.9 Å². The summed E-state index contributed by atoms with van der Waals surface area (Å²) in [6.45, 7) is 7.51. The van der Waals surface area contributed by atoms with E-state index in [1.165, 1.54) is 43.4 Å². The van der Waals surface area contributed by atoms with Gasteiger partial charge in [-0.25, -0.2) is 4.98 Å². The molecule has 5 rings (SSSR count). The molecule has 7 heteroatoms. The highest BCUT2D eigenvalue weighted by molar-refractivity contribution is 7.15. The Labute approximate surface area is 184 Å². The predicted octanol–water partition coefficient (Wildman–Crippen LogP) is 3.46. The van der Waals surface area contributed by atoms with Crippen LogP contribution in [0, 0.1) is 29.6 Å². The van der Waals surface area contributed by atoms with Crippen molar-refractivity contribution in [2.75, 3.05) is 19.7 Å². The van der Waals surface area contributed by atoms with Crippen LogP contribution in [0.4, 0.5) is 0 Å². The minimum Gasteiger partial charge on any atom is -0.467 e. The topological polar surface area (TPSA) is 83.5 Å². The second-order valence-corrected chi connectivity index (χ2v) is 11.7. The van der Waals surface area contributed by atoms with Crippen molar-refractivity contribution in [3.8, 4) is 5.19 Å². The second-order valence-electron chi connectivity index (χ2n) is 10.7. The summed E-state index contributed by atoms with van der Waals surface area (Å²) in [6.07, 6.45) is 9.25. The van der Waals surface area contributed by atoms with Gasteiger partial charge >= 0.3 is 0 Å². The first-order valence-corrected chi connectivity index (χ1v) is 12.4. The fourth-order valence-corrected chi connectivity index (χ4v) is 6.72. The van der Waals surface area contributed by atoms with E-state index >= 15 is 0 Å². The number of rotatable bonds is 9. The highest BCUT2D eigenvalue weighted by Gasteiger charge is 2.47. The fraction of sp³-hybridized carbons (Fsp3) is 0.826. The van der Waals surface area contributed by atoms with E-state index in [0.29, 0.717) is 16.6 Å². The number of ether oxygens (including phenoxy) is 1. The molecule has 1 amide bonds. The largest absolute Gasteiger partial charge is 0.467 e. The lowest BCUT2D eigenvalue weighted by atomic mass is 9.51. The van der Waals surface area contributed by atoms with E-state index in [1.54, 1.807) is 6.20 Å². The number of hydrogen-bond donors (Lipinski definition) is 3. The number of β-amino-alcohol motifs (C(OH)–C–C–N with tert-alkyl or cyclic N) is 1. The van der Waals surface area contributed by atoms with Crippen molar-refractivity contribution in [3.63, 3.8) is 0 Å². The molecule has 1 aromatic heterocycles. The minimum absolute atomic E-state index is 0.0515. The summed E-state index contributed by atoms with van der Waals surface area (Å²) in [5.41, 5.74) is -0.0515. The fourth-order valence-electron chi connectivity index (χ4n) is 6.03. The van der Waals surface area contributed by atoms with Crippen molar-refractivity contribution in [1.82, 2.24) is 15.6 Å². The molecule has 0 spiro atoms. The third-order valence-electron chi connectivity index (χ3n) is 7.16. The maximum absolute atomic E-state index is 12.5. The molecule has 168 valence electrons. The number of amides is 1. The molecule has 30 heavy (non-hydrogen) atoms. The van der Waals surface area contributed by atoms with Gasteiger partial charge in [0.2, 0.25) is 0 Å². The zero-order valence-electron chi connectivity index (χ0n) is 18.5. The number of aromatic nitrogens is 1. The average molecular weight is 436 g/mol. The van der Waals surface area contributed by atoms with E-state index in [2.05, 4.69) is 36.4 Å². The van der Waals surface area contributed by atoms with E-state index in [0.717, 1.165) is 42.6 Å². The van der Waals surface area contributed by atoms with Gasteiger partial charge in [-0.2, -0.15) is 0 Å². The normalized spacial score (nSPS) is 31.0. The summed E-state index contributed by atoms with van der Waals surface area (Å²) in [7, 11) is 0. The Kier molecular flexibility index (Phi) is 6.70. The number of nitrogens with zero attached hydrogens (tertiary/aromatic N) is 1. The molecule has 3 N–H and O–H groups in total. The summed E-state index contributed by atoms with van der Waals surface area (Å²) in [5.74, 6) is 4.54. The van der Waals surface area contributed by atoms with Gasteiger partial charge in [-0.1, -0.05) is 11.3 Å². The van der Waals surface area contributed by atoms with Crippen LogP contribution in [0.1, 0.15) is 69.0 Å². The minimum atomic E-state index is -0.619. The number of hydrogen-bond acceptors (Lipinski definition) is 6. The van der Waals surface area contributed by atoms with E-state index in [9.17, 15) is 9.90 Å². The Balaban J connectivity index is 1.17. The molecule has 4 fully saturated rings. The molecule has 1 unspecified atom stereocenters. The third-order valence-corrected chi connectivity index (χ3v) is 8.07. The molecule has 4 saturated carbocycles. The first kappa shape index (κ1) is 22.0. The van der Waals surface area contributed by atoms with E-state index in [1.807, 2.05) is 0 Å². The van der Waals surface area contributed by atoms with Crippen LogP contribution < -0.4 is 15.4 Å². The van der Waals surface area contributed by atoms with Crippen molar-refractivity contribution in [1.29, 1.82) is 0 Å². The average Bonchev–Trinajstić information content (AvgIpc) is 3.15. The predicted molar refractivity (Wildman–Crippen MR) is 119 cm³/mol. The summed E-state index contributed by atoms with van der Waals surface area (Å²) < 4.78 is 5.57. The highest BCUT2D eigenvalue weighted by Crippen LogP contribution is 2.57. The van der Waals surface area contributed by atoms with E-state index in [4.69, 9.17) is 4.74 Å². The number of carbonyl (C=O) groups excluding carboxylic acids is 1. The van der Waals surface area contributed by atoms with Gasteiger partial charge < -0.3 is 20.5 Å². The number of aliphatic hydroxyl groups excluding tert-OH is 1. The molecule has 0 saturated heterocycles. The molecule has 4 aliphatic carbocycles. The van der Waals surface area contributed by atoms with Crippen LogP contribution in [-0.4, -0.2) is 47.3 Å². The standard InChI is InChI=1S/C23H37N3O3S/c1-23(2,3)26-11-18(27)13-29-22-25-12-20(30-22)21(28)24-5-4-19-16-7-14-6-15(9-16)10-17(19)8-14/h12,14-19,26-27H,4-11,13H2,1-3H3,(H,24,28). The van der Waals surface area contributed by atoms with Crippen LogP contribution >= 0.6 is 11.3 Å². The molecule has 4 aliphatic rings. The van der Waals surface area contributed by atoms with Gasteiger partial charge in [0, 0.05) is 18.6 Å². The summed E-state index contributed by atoms with van der Waals surface area (Å²) >= 11 is 1.24. The van der Waals surface area contributed by atoms with Crippen LogP contribution in [0.15, 0.2) is 6.20 Å². The number of thiazole rings is 1. The quantitative estimate of drug-likeness (QED) is 0.553. The molecular weight excluding hydrogens is 398 g/mol. The Morgan fingerprint density at radius 2 is 1.90 bits per heavy atom. The molecule has 6 nitrogen and oxygen atoms in total. The molecule has 0 radical (unpaired) electrons. The maximum Gasteiger partial charge on any atom is 0.273 e. The molecule has 0 aromatic carbocycles. The first-order valence-electron chi connectivity index (χ1n) is 11.6. The van der Waals surface area contributed by atoms with Gasteiger partial charge in [-0.05, 0) is 88.9 Å². The molecule has 1 heterocycles. The summed E-state index contributed by atoms with van der Waals surface area (Å²) in [5, 5.41) is 16.8. The molecule has 1 atom stereocenters. The monoisotopic (exact) mass is 435 g/mol. The Hall–Kier alpha value is -1.18. The Bertz CT molecular complexity index is 702. The van der Waals surface area contributed by atoms with Crippen LogP contribution in [-0.2, 0) is 0 Å². The van der Waals surface area contributed by atoms with Gasteiger partial charge in [-0.3, -0.25) is 4.79 Å². The lowest BCUT2D eigenvalue weighted by Gasteiger charge is -2.54. The maximum atomic E-state index is 12.5. The van der Waals surface area contributed by atoms with E-state index < -0.39 is 6.10 Å². The molecule has 4 bridgehead atoms. The number of aliphatic hydroxyl groups is 1. The molecule has 0 aliphatic heterocycles. The number of nitrogens with one attached hydrogen (secondary N) is 2. The van der Waals surface area contributed by atoms with Crippen molar-refractivity contribution in [2.24, 2.45) is 29.6 Å². The Morgan fingerprint density at radius 3 is 2.53 bits per heavy atom. The van der Waals surface area contributed by atoms with E-state index in [-0.39, 0.29) is 18.1 Å². The van der Waals surface area contributed by atoms with Crippen molar-refractivity contribution < 1.29 is 14.6 Å². The van der Waals surface area contributed by atoms with Gasteiger partial charge in [0.05, 0.1) is 6.20 Å². The van der Waals surface area contributed by atoms with Crippen LogP contribution in [0.2, 0.25) is 0 Å². The smallest absolute Gasteiger partial charge is 0.273 e. The van der Waals surface area contributed by atoms with Crippen LogP contribution in [0.5, 0.6) is 5.19 Å². The summed E-state index contributed by atoms with van der Waals surface area (Å²) in [4.78, 5) is 17.2. The zero-order valence-corrected chi connectivity index (χ0v) is 19.3. The van der Waals surface area contributed by atoms with Crippen molar-refractivity contribution in [3.05, 3.63) is 11.1 Å². The van der Waals surface area contributed by atoms with Gasteiger partial charge in [-0.15, -0.1) is 0 Å². The second kappa shape index (κ2) is 9.13. The van der Waals surface area contributed by atoms with Gasteiger partial charge in [0.25, 0.3) is 11.1 Å². The van der Waals surface area contributed by atoms with Crippen LogP contribution in [0.25, 0.3) is 0 Å². The first-order chi connectivity index (χ1) is 14.3. The lowest BCUT2D eigenvalue weighted by Crippen LogP contribution is -2.46. The third kappa shape index (κ3) is 5.54. The SMILES string of the molecule is CC(C)(C)NCC(O)COc1ncc(C(=O)NCCC2C3CC4CC(C3)CC2C4)s1. The number of carbonyl (C=O) groups is 1. The highest BCUT2D eigenvalue weighted by atomic mass is 32.1.